The van der Waals surface area contributed by atoms with Crippen molar-refractivity contribution in [2.45, 2.75) is 30.9 Å². The molecule has 3 aliphatic rings. The number of benzene rings is 2. The van der Waals surface area contributed by atoms with E-state index in [1.165, 1.54) is 0 Å². The largest absolute Gasteiger partial charge is 0.510 e. The predicted molar refractivity (Wildman–Crippen MR) is 136 cm³/mol. The Kier molecular flexibility index (Phi) is 5.86. The summed E-state index contributed by atoms with van der Waals surface area (Å²) in [5.74, 6) is 2.19. The van der Waals surface area contributed by atoms with Crippen molar-refractivity contribution in [1.82, 2.24) is 4.90 Å². The van der Waals surface area contributed by atoms with Crippen molar-refractivity contribution < 1.29 is 30.0 Å². The zero-order chi connectivity index (χ0) is 26.6. The molecule has 6 N–H and O–H groups in total. The molecule has 8 heteroatoms. The number of fused-ring (bicyclic) bond motifs is 3. The monoisotopic (exact) mass is 500 g/mol. The molecule has 0 spiro atoms. The van der Waals surface area contributed by atoms with Crippen LogP contribution in [0.25, 0.3) is 0 Å². The van der Waals surface area contributed by atoms with E-state index in [9.17, 15) is 30.0 Å². The zero-order valence-electron chi connectivity index (χ0n) is 20.5. The average Bonchev–Trinajstić information content (AvgIpc) is 2.85. The molecule has 0 heterocycles. The summed E-state index contributed by atoms with van der Waals surface area (Å²) in [5.41, 5.74) is 5.02. The molecule has 0 radical (unpaired) electrons. The maximum absolute atomic E-state index is 13.7. The smallest absolute Gasteiger partial charge is 0.248 e. The van der Waals surface area contributed by atoms with E-state index in [0.29, 0.717) is 12.0 Å². The molecule has 0 saturated heterocycles. The number of Topliss-reactive ketones (excluding diaryl/α,β-unsaturated/α-hetero) is 1. The lowest BCUT2D eigenvalue weighted by atomic mass is 9.59. The first-order chi connectivity index (χ1) is 17.5. The van der Waals surface area contributed by atoms with Crippen LogP contribution in [0, 0.1) is 23.7 Å². The minimum atomic E-state index is -1.98. The molecule has 0 fully saturated rings. The van der Waals surface area contributed by atoms with Crippen molar-refractivity contribution in [1.29, 1.82) is 0 Å². The Morgan fingerprint density at radius 3 is 2.43 bits per heavy atom. The van der Waals surface area contributed by atoms with Gasteiger partial charge in [-0.1, -0.05) is 36.1 Å². The fourth-order valence-corrected chi connectivity index (χ4v) is 6.07. The van der Waals surface area contributed by atoms with E-state index >= 15 is 0 Å². The Balaban J connectivity index is 1.61. The quantitative estimate of drug-likeness (QED) is 0.398. The molecule has 0 saturated carbocycles. The molecule has 8 nitrogen and oxygen atoms in total. The number of rotatable bonds is 2. The molecule has 5 rings (SSSR count). The highest BCUT2D eigenvalue weighted by atomic mass is 16.3. The van der Waals surface area contributed by atoms with E-state index in [1.807, 2.05) is 30.3 Å². The summed E-state index contributed by atoms with van der Waals surface area (Å²) in [6.07, 6.45) is 0.205. The van der Waals surface area contributed by atoms with Crippen LogP contribution in [0.4, 0.5) is 0 Å². The molecular weight excluding hydrogens is 472 g/mol. The summed E-state index contributed by atoms with van der Waals surface area (Å²) >= 11 is 0. The van der Waals surface area contributed by atoms with Gasteiger partial charge >= 0.3 is 0 Å². The van der Waals surface area contributed by atoms with Gasteiger partial charge in [0.15, 0.2) is 5.78 Å². The molecule has 3 aliphatic carbocycles. The summed E-state index contributed by atoms with van der Waals surface area (Å²) in [6.45, 7) is 0. The van der Waals surface area contributed by atoms with Crippen molar-refractivity contribution in [2.75, 3.05) is 14.1 Å². The lowest BCUT2D eigenvalue weighted by Crippen LogP contribution is -2.59. The molecule has 0 aliphatic heterocycles. The maximum Gasteiger partial charge on any atom is 0.248 e. The first-order valence-electron chi connectivity index (χ1n) is 12.1. The van der Waals surface area contributed by atoms with Gasteiger partial charge in [0.2, 0.25) is 5.91 Å². The highest BCUT2D eigenvalue weighted by Crippen LogP contribution is 2.53. The van der Waals surface area contributed by atoms with Gasteiger partial charge in [-0.25, -0.2) is 0 Å². The number of phenols is 1. The lowest BCUT2D eigenvalue weighted by molar-refractivity contribution is -0.118. The van der Waals surface area contributed by atoms with E-state index in [0.717, 1.165) is 5.56 Å². The van der Waals surface area contributed by atoms with Crippen LogP contribution in [0.5, 0.6) is 5.75 Å². The summed E-state index contributed by atoms with van der Waals surface area (Å²) in [5, 5.41) is 45.0. The predicted octanol–water partition coefficient (Wildman–Crippen LogP) is 2.34. The standard InChI is InChI=1S/C29H28N2O6/c1-31(2)23-20-13-18-12-17-11-10-16(9-8-15-6-4-3-5-7-15)24(32)21(17)26(34)22(18)27(35)29(20,37)14-19(25(23)33)28(30)36/h3-7,10-11,18,20,23,32-33,35,37H,12-14H2,1-2H3,(H2,30,36). The number of ketones is 1. The number of amides is 1. The number of primary amides is 1. The summed E-state index contributed by atoms with van der Waals surface area (Å²) < 4.78 is 0. The van der Waals surface area contributed by atoms with Gasteiger partial charge in [-0.3, -0.25) is 14.5 Å². The van der Waals surface area contributed by atoms with Crippen LogP contribution in [0.15, 0.2) is 65.1 Å². The van der Waals surface area contributed by atoms with Gasteiger partial charge in [-0.05, 0) is 56.6 Å². The molecular formula is C29H28N2O6. The van der Waals surface area contributed by atoms with Crippen LogP contribution in [0.3, 0.4) is 0 Å². The Labute approximate surface area is 214 Å². The number of allylic oxidation sites excluding steroid dienone is 1. The Morgan fingerprint density at radius 1 is 1.08 bits per heavy atom. The zero-order valence-corrected chi connectivity index (χ0v) is 20.5. The minimum Gasteiger partial charge on any atom is -0.510 e. The van der Waals surface area contributed by atoms with Crippen molar-refractivity contribution in [3.8, 4) is 17.6 Å². The molecule has 0 bridgehead atoms. The second-order valence-corrected chi connectivity index (χ2v) is 10.2. The number of phenolic OH excluding ortho intramolecular Hbond substituents is 1. The SMILES string of the molecule is CN(C)C1C(O)=C(C(N)=O)CC2(O)C(O)=C3C(=O)c4c(ccc(C#Cc5ccccc5)c4O)CC3CC12. The van der Waals surface area contributed by atoms with Crippen LogP contribution >= 0.6 is 0 Å². The van der Waals surface area contributed by atoms with Gasteiger partial charge < -0.3 is 26.2 Å². The number of likely N-dealkylation sites (N-methyl/N-ethyl adjacent to an activating group) is 1. The number of nitrogens with two attached hydrogens (primary N) is 1. The molecule has 1 amide bonds. The summed E-state index contributed by atoms with van der Waals surface area (Å²) in [6, 6.07) is 11.9. The number of aliphatic hydroxyl groups excluding tert-OH is 2. The molecule has 0 aromatic heterocycles. The fourth-order valence-electron chi connectivity index (χ4n) is 6.07. The van der Waals surface area contributed by atoms with E-state index in [2.05, 4.69) is 11.8 Å². The number of carbonyl (C=O) groups excluding carboxylic acids is 2. The summed E-state index contributed by atoms with van der Waals surface area (Å²) in [4.78, 5) is 27.5. The van der Waals surface area contributed by atoms with Crippen LogP contribution in [-0.2, 0) is 11.2 Å². The Bertz CT molecular complexity index is 1450. The van der Waals surface area contributed by atoms with Gasteiger partial charge in [0, 0.05) is 23.5 Å². The highest BCUT2D eigenvalue weighted by Gasteiger charge is 2.58. The summed E-state index contributed by atoms with van der Waals surface area (Å²) in [7, 11) is 3.39. The molecule has 37 heavy (non-hydrogen) atoms. The minimum absolute atomic E-state index is 0.0115. The van der Waals surface area contributed by atoms with Crippen molar-refractivity contribution >= 4 is 11.7 Å². The number of aromatic hydroxyl groups is 1. The Morgan fingerprint density at radius 2 is 1.78 bits per heavy atom. The van der Waals surface area contributed by atoms with Crippen molar-refractivity contribution in [2.24, 2.45) is 17.6 Å². The third kappa shape index (κ3) is 3.79. The third-order valence-electron chi connectivity index (χ3n) is 7.81. The van der Waals surface area contributed by atoms with Gasteiger partial charge in [-0.2, -0.15) is 0 Å². The first-order valence-corrected chi connectivity index (χ1v) is 12.1. The van der Waals surface area contributed by atoms with E-state index in [1.54, 1.807) is 31.1 Å². The second kappa shape index (κ2) is 8.80. The topological polar surface area (TPSA) is 144 Å². The molecule has 4 unspecified atom stereocenters. The van der Waals surface area contributed by atoms with Crippen LogP contribution < -0.4 is 5.73 Å². The number of carbonyl (C=O) groups is 2. The molecule has 2 aromatic rings. The van der Waals surface area contributed by atoms with Gasteiger partial charge in [-0.15, -0.1) is 0 Å². The van der Waals surface area contributed by atoms with Gasteiger partial charge in [0.25, 0.3) is 0 Å². The van der Waals surface area contributed by atoms with Crippen LogP contribution in [0.1, 0.15) is 39.9 Å². The highest BCUT2D eigenvalue weighted by molar-refractivity contribution is 6.13. The third-order valence-corrected chi connectivity index (χ3v) is 7.81. The maximum atomic E-state index is 13.7. The normalized spacial score (nSPS) is 26.7. The molecule has 4 atom stereocenters. The second-order valence-electron chi connectivity index (χ2n) is 10.2. The average molecular weight is 501 g/mol. The van der Waals surface area contributed by atoms with Crippen molar-refractivity contribution in [3.63, 3.8) is 0 Å². The molecule has 2 aromatic carbocycles. The molecule has 190 valence electrons. The number of aliphatic hydroxyl groups is 3. The van der Waals surface area contributed by atoms with Gasteiger partial charge in [0.1, 0.15) is 22.9 Å². The van der Waals surface area contributed by atoms with Crippen molar-refractivity contribution in [3.05, 3.63) is 87.4 Å². The number of hydrogen-bond acceptors (Lipinski definition) is 7. The van der Waals surface area contributed by atoms with E-state index < -0.39 is 47.3 Å². The first kappa shape index (κ1) is 24.6. The van der Waals surface area contributed by atoms with Gasteiger partial charge in [0.05, 0.1) is 22.7 Å². The van der Waals surface area contributed by atoms with E-state index in [-0.39, 0.29) is 40.2 Å². The van der Waals surface area contributed by atoms with Crippen LogP contribution in [-0.4, -0.2) is 62.8 Å². The number of nitrogens with zero attached hydrogens (tertiary/aromatic N) is 1. The van der Waals surface area contributed by atoms with Crippen LogP contribution in [0.2, 0.25) is 0 Å². The van der Waals surface area contributed by atoms with E-state index in [4.69, 9.17) is 5.73 Å². The number of hydrogen-bond donors (Lipinski definition) is 5. The Hall–Kier alpha value is -4.06. The lowest BCUT2D eigenvalue weighted by Gasteiger charge is -2.51. The fraction of sp³-hybridized carbons (Fsp3) is 0.310.